The van der Waals surface area contributed by atoms with E-state index in [1.165, 1.54) is 0 Å². The zero-order valence-corrected chi connectivity index (χ0v) is 10.9. The Morgan fingerprint density at radius 3 is 2.78 bits per heavy atom. The van der Waals surface area contributed by atoms with Gasteiger partial charge in [0.25, 0.3) is 0 Å². The van der Waals surface area contributed by atoms with Gasteiger partial charge < -0.3 is 10.7 Å². The van der Waals surface area contributed by atoms with Crippen molar-refractivity contribution in [3.8, 4) is 11.3 Å². The minimum absolute atomic E-state index is 0.301. The van der Waals surface area contributed by atoms with Crippen molar-refractivity contribution in [2.24, 2.45) is 11.7 Å². The summed E-state index contributed by atoms with van der Waals surface area (Å²) >= 11 is 0. The second-order valence-corrected chi connectivity index (χ2v) is 4.99. The second kappa shape index (κ2) is 5.78. The van der Waals surface area contributed by atoms with Gasteiger partial charge in [0.1, 0.15) is 5.82 Å². The van der Waals surface area contributed by atoms with E-state index in [-0.39, 0.29) is 0 Å². The Balaban J connectivity index is 2.19. The van der Waals surface area contributed by atoms with Crippen molar-refractivity contribution in [1.29, 1.82) is 0 Å². The summed E-state index contributed by atoms with van der Waals surface area (Å²) in [7, 11) is 0. The van der Waals surface area contributed by atoms with Gasteiger partial charge in [0.05, 0.1) is 11.9 Å². The lowest BCUT2D eigenvalue weighted by atomic mass is 9.97. The summed E-state index contributed by atoms with van der Waals surface area (Å²) in [6, 6.07) is 3.94. The summed E-state index contributed by atoms with van der Waals surface area (Å²) in [4.78, 5) is 11.9. The molecule has 0 amide bonds. The number of rotatable bonds is 5. The molecule has 0 saturated carbocycles. The van der Waals surface area contributed by atoms with Crippen LogP contribution in [0.15, 0.2) is 30.7 Å². The van der Waals surface area contributed by atoms with Crippen molar-refractivity contribution >= 4 is 0 Å². The number of nitrogens with two attached hydrogens (primary N) is 1. The zero-order valence-electron chi connectivity index (χ0n) is 10.9. The minimum atomic E-state index is 0.301. The third-order valence-electron chi connectivity index (χ3n) is 3.00. The molecule has 1 unspecified atom stereocenters. The van der Waals surface area contributed by atoms with Crippen molar-refractivity contribution in [3.05, 3.63) is 36.5 Å². The van der Waals surface area contributed by atoms with Crippen molar-refractivity contribution in [2.75, 3.05) is 6.54 Å². The molecule has 18 heavy (non-hydrogen) atoms. The monoisotopic (exact) mass is 244 g/mol. The first-order valence-electron chi connectivity index (χ1n) is 6.36. The third-order valence-corrected chi connectivity index (χ3v) is 3.00. The quantitative estimate of drug-likeness (QED) is 0.849. The highest BCUT2D eigenvalue weighted by molar-refractivity contribution is 5.56. The lowest BCUT2D eigenvalue weighted by Crippen LogP contribution is -2.15. The van der Waals surface area contributed by atoms with E-state index < -0.39 is 0 Å². The van der Waals surface area contributed by atoms with Gasteiger partial charge in [0.15, 0.2) is 0 Å². The van der Waals surface area contributed by atoms with Gasteiger partial charge >= 0.3 is 0 Å². The number of hydrogen-bond donors (Lipinski definition) is 2. The fourth-order valence-electron chi connectivity index (χ4n) is 2.10. The van der Waals surface area contributed by atoms with Gasteiger partial charge in [-0.1, -0.05) is 13.8 Å². The molecule has 2 heterocycles. The van der Waals surface area contributed by atoms with Crippen molar-refractivity contribution in [2.45, 2.75) is 26.2 Å². The normalized spacial score (nSPS) is 12.9. The van der Waals surface area contributed by atoms with Crippen molar-refractivity contribution < 1.29 is 0 Å². The van der Waals surface area contributed by atoms with Crippen molar-refractivity contribution in [1.82, 2.24) is 15.0 Å². The molecule has 2 rings (SSSR count). The predicted octanol–water partition coefficient (Wildman–Crippen LogP) is 2.56. The highest BCUT2D eigenvalue weighted by atomic mass is 14.9. The Morgan fingerprint density at radius 2 is 2.17 bits per heavy atom. The van der Waals surface area contributed by atoms with Gasteiger partial charge in [-0.15, -0.1) is 0 Å². The highest BCUT2D eigenvalue weighted by Gasteiger charge is 2.15. The number of hydrogen-bond acceptors (Lipinski definition) is 3. The van der Waals surface area contributed by atoms with Gasteiger partial charge in [0, 0.05) is 30.4 Å². The van der Waals surface area contributed by atoms with Gasteiger partial charge in [-0.05, 0) is 24.5 Å². The Labute approximate surface area is 108 Å². The van der Waals surface area contributed by atoms with Crippen LogP contribution in [0.1, 0.15) is 32.0 Å². The summed E-state index contributed by atoms with van der Waals surface area (Å²) in [6.45, 7) is 5.03. The molecule has 4 heteroatoms. The van der Waals surface area contributed by atoms with E-state index in [9.17, 15) is 0 Å². The molecule has 0 saturated heterocycles. The fourth-order valence-corrected chi connectivity index (χ4v) is 2.10. The van der Waals surface area contributed by atoms with E-state index in [4.69, 9.17) is 5.73 Å². The van der Waals surface area contributed by atoms with E-state index in [0.29, 0.717) is 18.4 Å². The average Bonchev–Trinajstić information content (AvgIpc) is 2.86. The number of aromatic nitrogens is 3. The van der Waals surface area contributed by atoms with Crippen LogP contribution in [-0.2, 0) is 0 Å². The average molecular weight is 244 g/mol. The molecule has 96 valence electrons. The molecule has 2 aromatic heterocycles. The van der Waals surface area contributed by atoms with E-state index >= 15 is 0 Å². The number of imidazole rings is 1. The lowest BCUT2D eigenvalue weighted by Gasteiger charge is -2.14. The van der Waals surface area contributed by atoms with Crippen LogP contribution < -0.4 is 5.73 Å². The minimum Gasteiger partial charge on any atom is -0.342 e. The van der Waals surface area contributed by atoms with Crippen LogP contribution in [0.3, 0.4) is 0 Å². The molecule has 0 radical (unpaired) electrons. The van der Waals surface area contributed by atoms with Crippen LogP contribution >= 0.6 is 0 Å². The molecule has 0 bridgehead atoms. The maximum Gasteiger partial charge on any atom is 0.110 e. The second-order valence-electron chi connectivity index (χ2n) is 4.99. The molecule has 0 aliphatic rings. The Kier molecular flexibility index (Phi) is 4.10. The third kappa shape index (κ3) is 2.96. The molecule has 3 N–H and O–H groups in total. The first-order valence-corrected chi connectivity index (χ1v) is 6.36. The summed E-state index contributed by atoms with van der Waals surface area (Å²) in [5.41, 5.74) is 7.88. The number of pyridine rings is 1. The fraction of sp³-hybridized carbons (Fsp3) is 0.429. The first kappa shape index (κ1) is 12.8. The van der Waals surface area contributed by atoms with Gasteiger partial charge in [-0.25, -0.2) is 4.98 Å². The van der Waals surface area contributed by atoms with Crippen LogP contribution in [0, 0.1) is 5.92 Å². The topological polar surface area (TPSA) is 67.6 Å². The highest BCUT2D eigenvalue weighted by Crippen LogP contribution is 2.23. The predicted molar refractivity (Wildman–Crippen MR) is 73.1 cm³/mol. The van der Waals surface area contributed by atoms with Crippen LogP contribution in [-0.4, -0.2) is 21.5 Å². The maximum atomic E-state index is 5.83. The first-order chi connectivity index (χ1) is 8.70. The maximum absolute atomic E-state index is 5.83. The number of H-pyrrole nitrogens is 1. The van der Waals surface area contributed by atoms with Crippen molar-refractivity contribution in [3.63, 3.8) is 0 Å². The standard InChI is InChI=1S/C14H20N4/c1-10(2)6-12(7-15)14-17-9-13(18-14)11-4-3-5-16-8-11/h3-5,8-10,12H,6-7,15H2,1-2H3,(H,17,18). The van der Waals surface area contributed by atoms with Crippen LogP contribution in [0.25, 0.3) is 11.3 Å². The molecule has 1 atom stereocenters. The zero-order chi connectivity index (χ0) is 13.0. The number of nitrogens with one attached hydrogen (secondary N) is 1. The Morgan fingerprint density at radius 1 is 1.33 bits per heavy atom. The van der Waals surface area contributed by atoms with Crippen LogP contribution in [0.5, 0.6) is 0 Å². The van der Waals surface area contributed by atoms with E-state index in [2.05, 4.69) is 28.8 Å². The van der Waals surface area contributed by atoms with E-state index in [1.54, 1.807) is 6.20 Å². The number of nitrogens with zero attached hydrogens (tertiary/aromatic N) is 2. The van der Waals surface area contributed by atoms with E-state index in [1.807, 2.05) is 24.5 Å². The Bertz CT molecular complexity index is 476. The van der Waals surface area contributed by atoms with Gasteiger partial charge in [-0.3, -0.25) is 4.98 Å². The van der Waals surface area contributed by atoms with Gasteiger partial charge in [-0.2, -0.15) is 0 Å². The molecule has 0 fully saturated rings. The lowest BCUT2D eigenvalue weighted by molar-refractivity contribution is 0.490. The molecule has 0 aromatic carbocycles. The van der Waals surface area contributed by atoms with E-state index in [0.717, 1.165) is 23.5 Å². The molecule has 0 spiro atoms. The molecule has 0 aliphatic heterocycles. The summed E-state index contributed by atoms with van der Waals surface area (Å²) in [6.07, 6.45) is 6.51. The molecule has 0 aliphatic carbocycles. The summed E-state index contributed by atoms with van der Waals surface area (Å²) in [5, 5.41) is 0. The molecular formula is C14H20N4. The molecule has 2 aromatic rings. The van der Waals surface area contributed by atoms with Crippen LogP contribution in [0.4, 0.5) is 0 Å². The largest absolute Gasteiger partial charge is 0.342 e. The summed E-state index contributed by atoms with van der Waals surface area (Å²) < 4.78 is 0. The smallest absolute Gasteiger partial charge is 0.110 e. The Hall–Kier alpha value is -1.68. The van der Waals surface area contributed by atoms with Crippen LogP contribution in [0.2, 0.25) is 0 Å². The van der Waals surface area contributed by atoms with Gasteiger partial charge in [0.2, 0.25) is 0 Å². The molecular weight excluding hydrogens is 224 g/mol. The SMILES string of the molecule is CC(C)CC(CN)c1ncc(-c2cccnc2)[nH]1. The number of aromatic amines is 1. The summed E-state index contributed by atoms with van der Waals surface area (Å²) in [5.74, 6) is 1.89. The molecule has 4 nitrogen and oxygen atoms in total.